The molecule has 0 saturated heterocycles. The Hall–Kier alpha value is -2.32. The second-order valence-corrected chi connectivity index (χ2v) is 9.64. The van der Waals surface area contributed by atoms with Crippen molar-refractivity contribution in [2.24, 2.45) is 0 Å². The van der Waals surface area contributed by atoms with E-state index in [4.69, 9.17) is 0 Å². The first-order valence-corrected chi connectivity index (χ1v) is 10.7. The standard InChI is InChI=1S/C21H26F2N2O3S/c1-14(18-10-7-16(22)13-19(18)23)25-20(26)11-12-24-29(27,28)17-8-5-15(6-9-17)21(2,3)4/h5-10,13-14,24H,11-12H2,1-4H3,(H,25,26). The Morgan fingerprint density at radius 1 is 1.07 bits per heavy atom. The summed E-state index contributed by atoms with van der Waals surface area (Å²) in [5, 5.41) is 2.57. The van der Waals surface area contributed by atoms with Crippen molar-refractivity contribution in [2.45, 2.75) is 50.5 Å². The van der Waals surface area contributed by atoms with E-state index in [-0.39, 0.29) is 28.8 Å². The zero-order valence-corrected chi connectivity index (χ0v) is 17.7. The average molecular weight is 425 g/mol. The van der Waals surface area contributed by atoms with Gasteiger partial charge in [0.05, 0.1) is 10.9 Å². The highest BCUT2D eigenvalue weighted by atomic mass is 32.2. The predicted octanol–water partition coefficient (Wildman–Crippen LogP) is 3.81. The van der Waals surface area contributed by atoms with Crippen LogP contribution in [-0.2, 0) is 20.2 Å². The van der Waals surface area contributed by atoms with E-state index in [0.29, 0.717) is 0 Å². The van der Waals surface area contributed by atoms with Crippen molar-refractivity contribution in [3.8, 4) is 0 Å². The summed E-state index contributed by atoms with van der Waals surface area (Å²) in [6, 6.07) is 9.03. The van der Waals surface area contributed by atoms with Gasteiger partial charge in [-0.3, -0.25) is 4.79 Å². The summed E-state index contributed by atoms with van der Waals surface area (Å²) in [5.74, 6) is -1.90. The van der Waals surface area contributed by atoms with Crippen LogP contribution >= 0.6 is 0 Å². The summed E-state index contributed by atoms with van der Waals surface area (Å²) in [7, 11) is -3.74. The number of sulfonamides is 1. The highest BCUT2D eigenvalue weighted by Gasteiger charge is 2.18. The predicted molar refractivity (Wildman–Crippen MR) is 108 cm³/mol. The van der Waals surface area contributed by atoms with Gasteiger partial charge in [0, 0.05) is 24.6 Å². The topological polar surface area (TPSA) is 75.3 Å². The smallest absolute Gasteiger partial charge is 0.240 e. The number of hydrogen-bond acceptors (Lipinski definition) is 3. The van der Waals surface area contributed by atoms with Gasteiger partial charge in [-0.15, -0.1) is 0 Å². The maximum Gasteiger partial charge on any atom is 0.240 e. The van der Waals surface area contributed by atoms with Crippen LogP contribution in [0.1, 0.15) is 51.3 Å². The molecule has 1 unspecified atom stereocenters. The van der Waals surface area contributed by atoms with E-state index in [1.807, 2.05) is 20.8 Å². The molecule has 2 aromatic rings. The number of nitrogens with one attached hydrogen (secondary N) is 2. The summed E-state index contributed by atoms with van der Waals surface area (Å²) in [6.07, 6.45) is -0.119. The Bertz CT molecular complexity index is 968. The quantitative estimate of drug-likeness (QED) is 0.710. The lowest BCUT2D eigenvalue weighted by Crippen LogP contribution is -2.32. The maximum atomic E-state index is 13.8. The Kier molecular flexibility index (Phi) is 7.13. The Balaban J connectivity index is 1.90. The summed E-state index contributed by atoms with van der Waals surface area (Å²) in [5.41, 5.74) is 1.08. The monoisotopic (exact) mass is 424 g/mol. The van der Waals surface area contributed by atoms with E-state index < -0.39 is 33.6 Å². The van der Waals surface area contributed by atoms with Crippen LogP contribution in [0, 0.1) is 11.6 Å². The van der Waals surface area contributed by atoms with Gasteiger partial charge in [0.15, 0.2) is 0 Å². The SMILES string of the molecule is CC(NC(=O)CCNS(=O)(=O)c1ccc(C(C)(C)C)cc1)c1ccc(F)cc1F. The molecule has 0 aliphatic carbocycles. The van der Waals surface area contributed by atoms with Gasteiger partial charge in [-0.2, -0.15) is 0 Å². The van der Waals surface area contributed by atoms with Gasteiger partial charge < -0.3 is 5.32 Å². The van der Waals surface area contributed by atoms with Gasteiger partial charge in [-0.05, 0) is 36.1 Å². The van der Waals surface area contributed by atoms with Crippen LogP contribution in [0.15, 0.2) is 47.4 Å². The molecule has 5 nitrogen and oxygen atoms in total. The first-order valence-electron chi connectivity index (χ1n) is 9.24. The lowest BCUT2D eigenvalue weighted by Gasteiger charge is -2.19. The molecule has 2 rings (SSSR count). The molecular formula is C21H26F2N2O3S. The molecule has 0 saturated carbocycles. The van der Waals surface area contributed by atoms with Gasteiger partial charge >= 0.3 is 0 Å². The van der Waals surface area contributed by atoms with E-state index >= 15 is 0 Å². The summed E-state index contributed by atoms with van der Waals surface area (Å²) in [4.78, 5) is 12.2. The zero-order valence-electron chi connectivity index (χ0n) is 16.9. The van der Waals surface area contributed by atoms with Crippen LogP contribution in [0.4, 0.5) is 8.78 Å². The molecule has 2 N–H and O–H groups in total. The third-order valence-electron chi connectivity index (χ3n) is 4.48. The Morgan fingerprint density at radius 3 is 2.24 bits per heavy atom. The van der Waals surface area contributed by atoms with Crippen molar-refractivity contribution < 1.29 is 22.0 Å². The zero-order chi connectivity index (χ0) is 21.8. The molecule has 0 aliphatic rings. The van der Waals surface area contributed by atoms with Crippen LogP contribution in [0.2, 0.25) is 0 Å². The van der Waals surface area contributed by atoms with Crippen LogP contribution in [-0.4, -0.2) is 20.9 Å². The van der Waals surface area contributed by atoms with Crippen LogP contribution in [0.25, 0.3) is 0 Å². The first-order chi connectivity index (χ1) is 13.4. The lowest BCUT2D eigenvalue weighted by atomic mass is 9.87. The minimum absolute atomic E-state index is 0.0888. The van der Waals surface area contributed by atoms with Crippen LogP contribution in [0.3, 0.4) is 0 Å². The average Bonchev–Trinajstić information content (AvgIpc) is 2.60. The molecule has 0 bridgehead atoms. The summed E-state index contributed by atoms with van der Waals surface area (Å²) in [6.45, 7) is 7.56. The van der Waals surface area contributed by atoms with Crippen molar-refractivity contribution in [2.75, 3.05) is 6.54 Å². The lowest BCUT2D eigenvalue weighted by molar-refractivity contribution is -0.121. The molecule has 0 aromatic heterocycles. The van der Waals surface area contributed by atoms with Crippen LogP contribution in [0.5, 0.6) is 0 Å². The number of benzene rings is 2. The Labute approximate surface area is 170 Å². The van der Waals surface area contributed by atoms with Gasteiger partial charge in [-0.25, -0.2) is 21.9 Å². The van der Waals surface area contributed by atoms with Crippen molar-refractivity contribution in [3.05, 3.63) is 65.2 Å². The maximum absolute atomic E-state index is 13.8. The third kappa shape index (κ3) is 6.33. The minimum Gasteiger partial charge on any atom is -0.349 e. The number of rotatable bonds is 7. The first kappa shape index (κ1) is 23.0. The molecule has 0 heterocycles. The van der Waals surface area contributed by atoms with Crippen molar-refractivity contribution in [1.82, 2.24) is 10.0 Å². The minimum atomic E-state index is -3.74. The fraction of sp³-hybridized carbons (Fsp3) is 0.381. The molecule has 8 heteroatoms. The number of carbonyl (C=O) groups is 1. The third-order valence-corrected chi connectivity index (χ3v) is 5.96. The molecule has 0 fully saturated rings. The summed E-state index contributed by atoms with van der Waals surface area (Å²) >= 11 is 0. The summed E-state index contributed by atoms with van der Waals surface area (Å²) < 4.78 is 53.9. The van der Waals surface area contributed by atoms with E-state index in [2.05, 4.69) is 10.0 Å². The molecule has 0 radical (unpaired) electrons. The number of amides is 1. The van der Waals surface area contributed by atoms with Crippen LogP contribution < -0.4 is 10.0 Å². The van der Waals surface area contributed by atoms with Crippen molar-refractivity contribution in [1.29, 1.82) is 0 Å². The van der Waals surface area contributed by atoms with Gasteiger partial charge in [0.1, 0.15) is 11.6 Å². The number of halogens is 2. The molecule has 158 valence electrons. The number of hydrogen-bond donors (Lipinski definition) is 2. The molecule has 0 spiro atoms. The molecular weight excluding hydrogens is 398 g/mol. The molecule has 1 atom stereocenters. The molecule has 0 aliphatic heterocycles. The highest BCUT2D eigenvalue weighted by molar-refractivity contribution is 7.89. The Morgan fingerprint density at radius 2 is 1.69 bits per heavy atom. The second kappa shape index (κ2) is 9.00. The van der Waals surface area contributed by atoms with Gasteiger partial charge in [-0.1, -0.05) is 39.0 Å². The largest absolute Gasteiger partial charge is 0.349 e. The van der Waals surface area contributed by atoms with E-state index in [1.54, 1.807) is 19.1 Å². The number of carbonyl (C=O) groups excluding carboxylic acids is 1. The second-order valence-electron chi connectivity index (χ2n) is 7.88. The normalized spacial score (nSPS) is 13.2. The fourth-order valence-electron chi connectivity index (χ4n) is 2.76. The highest BCUT2D eigenvalue weighted by Crippen LogP contribution is 2.23. The van der Waals surface area contributed by atoms with Gasteiger partial charge in [0.2, 0.25) is 15.9 Å². The fourth-order valence-corrected chi connectivity index (χ4v) is 3.79. The van der Waals surface area contributed by atoms with E-state index in [0.717, 1.165) is 17.7 Å². The van der Waals surface area contributed by atoms with E-state index in [9.17, 15) is 22.0 Å². The van der Waals surface area contributed by atoms with Gasteiger partial charge in [0.25, 0.3) is 0 Å². The van der Waals surface area contributed by atoms with Crippen molar-refractivity contribution >= 4 is 15.9 Å². The van der Waals surface area contributed by atoms with E-state index in [1.165, 1.54) is 18.2 Å². The molecule has 2 aromatic carbocycles. The van der Waals surface area contributed by atoms with Crippen molar-refractivity contribution in [3.63, 3.8) is 0 Å². The molecule has 1 amide bonds. The molecule has 29 heavy (non-hydrogen) atoms.